The lowest BCUT2D eigenvalue weighted by molar-refractivity contribution is -0.0247. The molecule has 0 aromatic heterocycles. The summed E-state index contributed by atoms with van der Waals surface area (Å²) in [4.78, 5) is 0. The Morgan fingerprint density at radius 2 is 2.00 bits per heavy atom. The van der Waals surface area contributed by atoms with Crippen LogP contribution in [0.1, 0.15) is 12.0 Å². The van der Waals surface area contributed by atoms with Crippen LogP contribution in [-0.2, 0) is 20.2 Å². The van der Waals surface area contributed by atoms with Gasteiger partial charge >= 0.3 is 0 Å². The summed E-state index contributed by atoms with van der Waals surface area (Å²) in [6.45, 7) is 1.85. The lowest BCUT2D eigenvalue weighted by Gasteiger charge is -2.32. The van der Waals surface area contributed by atoms with Gasteiger partial charge in [-0.2, -0.15) is 0 Å². The smallest absolute Gasteiger partial charge is 0.150 e. The van der Waals surface area contributed by atoms with Crippen LogP contribution >= 0.6 is 35.6 Å². The lowest BCUT2D eigenvalue weighted by atomic mass is 9.92. The molecule has 0 aliphatic carbocycles. The van der Waals surface area contributed by atoms with Gasteiger partial charge in [-0.1, -0.05) is 29.3 Å². The maximum atomic E-state index is 11.8. The Bertz CT molecular complexity index is 584. The first-order valence-electron chi connectivity index (χ1n) is 6.30. The van der Waals surface area contributed by atoms with E-state index in [4.69, 9.17) is 27.9 Å². The molecule has 21 heavy (non-hydrogen) atoms. The highest BCUT2D eigenvalue weighted by Crippen LogP contribution is 2.35. The molecule has 0 amide bonds. The van der Waals surface area contributed by atoms with Crippen LogP contribution in [0.4, 0.5) is 0 Å². The van der Waals surface area contributed by atoms with Crippen molar-refractivity contribution in [3.8, 4) is 0 Å². The van der Waals surface area contributed by atoms with Gasteiger partial charge in [-0.05, 0) is 30.7 Å². The number of ether oxygens (including phenoxy) is 1. The monoisotopic (exact) mass is 373 g/mol. The molecule has 0 radical (unpaired) electrons. The van der Waals surface area contributed by atoms with Crippen molar-refractivity contribution < 1.29 is 13.2 Å². The molecule has 1 N–H and O–H groups in total. The standard InChI is InChI=1S/C13H17Cl2NO3S.ClH/c1-20(17,18)9-13(4-5-16-6-7-19-13)10-2-3-11(14)12(15)8-10;/h2-3,8,16H,4-7,9H2,1H3;1H. The number of halogens is 3. The molecule has 0 saturated carbocycles. The molecule has 0 bridgehead atoms. The molecule has 1 aliphatic rings. The summed E-state index contributed by atoms with van der Waals surface area (Å²) >= 11 is 12.0. The molecule has 1 aromatic carbocycles. The van der Waals surface area contributed by atoms with Crippen molar-refractivity contribution in [1.29, 1.82) is 0 Å². The van der Waals surface area contributed by atoms with E-state index in [1.807, 2.05) is 0 Å². The number of benzene rings is 1. The summed E-state index contributed by atoms with van der Waals surface area (Å²) in [5, 5.41) is 4.05. The zero-order chi connectivity index (χ0) is 14.8. The summed E-state index contributed by atoms with van der Waals surface area (Å²) in [5.41, 5.74) is -0.119. The summed E-state index contributed by atoms with van der Waals surface area (Å²) in [7, 11) is -3.20. The van der Waals surface area contributed by atoms with E-state index in [2.05, 4.69) is 5.32 Å². The van der Waals surface area contributed by atoms with Crippen molar-refractivity contribution in [2.24, 2.45) is 0 Å². The molecular formula is C13H18Cl3NO3S. The summed E-state index contributed by atoms with van der Waals surface area (Å²) in [6.07, 6.45) is 1.78. The second-order valence-electron chi connectivity index (χ2n) is 5.04. The van der Waals surface area contributed by atoms with E-state index < -0.39 is 15.4 Å². The van der Waals surface area contributed by atoms with Crippen molar-refractivity contribution in [1.82, 2.24) is 5.32 Å². The average molecular weight is 375 g/mol. The predicted molar refractivity (Wildman–Crippen MR) is 88.5 cm³/mol. The van der Waals surface area contributed by atoms with Crippen molar-refractivity contribution in [2.75, 3.05) is 31.7 Å². The Balaban J connectivity index is 0.00000220. The molecule has 1 unspecified atom stereocenters. The minimum Gasteiger partial charge on any atom is -0.368 e. The molecule has 0 spiro atoms. The molecule has 1 atom stereocenters. The van der Waals surface area contributed by atoms with Gasteiger partial charge in [-0.15, -0.1) is 12.4 Å². The molecule has 1 saturated heterocycles. The Kier molecular flexibility index (Phi) is 6.78. The van der Waals surface area contributed by atoms with Crippen LogP contribution in [0.5, 0.6) is 0 Å². The van der Waals surface area contributed by atoms with E-state index in [0.717, 1.165) is 5.56 Å². The molecule has 1 heterocycles. The third-order valence-electron chi connectivity index (χ3n) is 3.30. The highest BCUT2D eigenvalue weighted by Gasteiger charge is 2.38. The number of hydrogen-bond donors (Lipinski definition) is 1. The summed E-state index contributed by atoms with van der Waals surface area (Å²) < 4.78 is 29.5. The van der Waals surface area contributed by atoms with Gasteiger partial charge in [0.2, 0.25) is 0 Å². The molecule has 1 aliphatic heterocycles. The van der Waals surface area contributed by atoms with Gasteiger partial charge in [0, 0.05) is 12.8 Å². The largest absolute Gasteiger partial charge is 0.368 e. The minimum atomic E-state index is -3.20. The van der Waals surface area contributed by atoms with Crippen molar-refractivity contribution >= 4 is 45.4 Å². The maximum absolute atomic E-state index is 11.8. The van der Waals surface area contributed by atoms with E-state index in [1.54, 1.807) is 18.2 Å². The minimum absolute atomic E-state index is 0. The highest BCUT2D eigenvalue weighted by atomic mass is 35.5. The third kappa shape index (κ3) is 4.98. The van der Waals surface area contributed by atoms with Crippen LogP contribution in [-0.4, -0.2) is 40.1 Å². The number of hydrogen-bond acceptors (Lipinski definition) is 4. The van der Waals surface area contributed by atoms with Crippen molar-refractivity contribution in [3.05, 3.63) is 33.8 Å². The van der Waals surface area contributed by atoms with E-state index in [1.165, 1.54) is 6.26 Å². The van der Waals surface area contributed by atoms with Crippen LogP contribution in [0.3, 0.4) is 0 Å². The van der Waals surface area contributed by atoms with Gasteiger partial charge in [0.1, 0.15) is 5.60 Å². The normalized spacial score (nSPS) is 23.2. The van der Waals surface area contributed by atoms with Crippen molar-refractivity contribution in [2.45, 2.75) is 12.0 Å². The molecular weight excluding hydrogens is 357 g/mol. The van der Waals surface area contributed by atoms with Gasteiger partial charge in [-0.25, -0.2) is 8.42 Å². The number of sulfone groups is 1. The fraction of sp³-hybridized carbons (Fsp3) is 0.538. The van der Waals surface area contributed by atoms with Crippen LogP contribution < -0.4 is 5.32 Å². The summed E-state index contributed by atoms with van der Waals surface area (Å²) in [6, 6.07) is 5.15. The van der Waals surface area contributed by atoms with E-state index >= 15 is 0 Å². The Labute approximate surface area is 141 Å². The summed E-state index contributed by atoms with van der Waals surface area (Å²) in [5.74, 6) is -0.0698. The first-order valence-corrected chi connectivity index (χ1v) is 9.12. The molecule has 1 aromatic rings. The molecule has 1 fully saturated rings. The fourth-order valence-corrected chi connectivity index (χ4v) is 3.97. The Hall–Kier alpha value is -0.0400. The molecule has 2 rings (SSSR count). The molecule has 120 valence electrons. The lowest BCUT2D eigenvalue weighted by Crippen LogP contribution is -2.38. The Morgan fingerprint density at radius 3 is 2.62 bits per heavy atom. The fourth-order valence-electron chi connectivity index (χ4n) is 2.43. The quantitative estimate of drug-likeness (QED) is 0.884. The van der Waals surface area contributed by atoms with Gasteiger partial charge in [0.05, 0.1) is 22.4 Å². The second-order valence-corrected chi connectivity index (χ2v) is 8.00. The van der Waals surface area contributed by atoms with Crippen molar-refractivity contribution in [3.63, 3.8) is 0 Å². The molecule has 8 heteroatoms. The van der Waals surface area contributed by atoms with Gasteiger partial charge in [0.25, 0.3) is 0 Å². The topological polar surface area (TPSA) is 55.4 Å². The first-order chi connectivity index (χ1) is 9.32. The second kappa shape index (κ2) is 7.49. The van der Waals surface area contributed by atoms with E-state index in [-0.39, 0.29) is 18.2 Å². The van der Waals surface area contributed by atoms with E-state index in [0.29, 0.717) is 36.2 Å². The maximum Gasteiger partial charge on any atom is 0.150 e. The van der Waals surface area contributed by atoms with Crippen LogP contribution in [0.15, 0.2) is 18.2 Å². The van der Waals surface area contributed by atoms with Crippen LogP contribution in [0.2, 0.25) is 10.0 Å². The van der Waals surface area contributed by atoms with Gasteiger partial charge in [0.15, 0.2) is 9.84 Å². The van der Waals surface area contributed by atoms with E-state index in [9.17, 15) is 8.42 Å². The average Bonchev–Trinajstić information content (AvgIpc) is 2.57. The Morgan fingerprint density at radius 1 is 1.29 bits per heavy atom. The van der Waals surface area contributed by atoms with Gasteiger partial charge < -0.3 is 10.1 Å². The van der Waals surface area contributed by atoms with Gasteiger partial charge in [-0.3, -0.25) is 0 Å². The first kappa shape index (κ1) is 19.0. The van der Waals surface area contributed by atoms with Crippen LogP contribution in [0, 0.1) is 0 Å². The molecule has 4 nitrogen and oxygen atoms in total. The highest BCUT2D eigenvalue weighted by molar-refractivity contribution is 7.90. The van der Waals surface area contributed by atoms with Crippen LogP contribution in [0.25, 0.3) is 0 Å². The third-order valence-corrected chi connectivity index (χ3v) is 5.03. The SMILES string of the molecule is CS(=O)(=O)CC1(c2ccc(Cl)c(Cl)c2)CCNCCO1.Cl. The number of nitrogens with one attached hydrogen (secondary N) is 1. The zero-order valence-electron chi connectivity index (χ0n) is 11.6. The zero-order valence-corrected chi connectivity index (χ0v) is 14.7. The predicted octanol–water partition coefficient (Wildman–Crippen LogP) is 2.67. The number of rotatable bonds is 3.